The third-order valence-electron chi connectivity index (χ3n) is 7.03. The van der Waals surface area contributed by atoms with Crippen LogP contribution in [0.1, 0.15) is 25.0 Å². The Morgan fingerprint density at radius 2 is 1.67 bits per heavy atom. The molecule has 2 fully saturated rings. The van der Waals surface area contributed by atoms with Crippen LogP contribution in [0.15, 0.2) is 53.4 Å². The van der Waals surface area contributed by atoms with Gasteiger partial charge in [0.05, 0.1) is 38.5 Å². The number of imide groups is 1. The van der Waals surface area contributed by atoms with E-state index in [0.29, 0.717) is 11.0 Å². The Labute approximate surface area is 251 Å². The van der Waals surface area contributed by atoms with E-state index in [4.69, 9.17) is 16.9 Å². The second kappa shape index (κ2) is 11.1. The van der Waals surface area contributed by atoms with Crippen LogP contribution in [0.25, 0.3) is 0 Å². The lowest BCUT2D eigenvalue weighted by Crippen LogP contribution is -2.44. The summed E-state index contributed by atoms with van der Waals surface area (Å²) in [5.74, 6) is -0.776. The van der Waals surface area contributed by atoms with Crippen molar-refractivity contribution in [2.45, 2.75) is 30.5 Å². The lowest BCUT2D eigenvalue weighted by atomic mass is 10.0. The van der Waals surface area contributed by atoms with E-state index in [9.17, 15) is 39.6 Å². The number of urea groups is 1. The quantitative estimate of drug-likeness (QED) is 0.325. The van der Waals surface area contributed by atoms with Crippen molar-refractivity contribution in [1.29, 1.82) is 5.26 Å². The molecule has 0 aliphatic carbocycles. The molecule has 3 amide bonds. The standard InChI is InChI=1S/C26H25ClF3N5O6S2/c1-25(2)23(36)35(19-7-6-17(16-31)20(14-19)26(28,29)30)24(37)33(25)11-5-4-10-32-12-13-34(43(32,40)41)18-8-9-22(21(27)15-18)42(3,38)39/h4-9,14-15H,10-13H2,1-3H3/b5-4-. The lowest BCUT2D eigenvalue weighted by Gasteiger charge is -2.26. The van der Waals surface area contributed by atoms with Gasteiger partial charge in [0.25, 0.3) is 5.91 Å². The molecule has 0 N–H and O–H groups in total. The van der Waals surface area contributed by atoms with Crippen LogP contribution in [0.3, 0.4) is 0 Å². The summed E-state index contributed by atoms with van der Waals surface area (Å²) in [5.41, 5.74) is -3.53. The summed E-state index contributed by atoms with van der Waals surface area (Å²) in [4.78, 5) is 27.9. The fourth-order valence-electron chi connectivity index (χ4n) is 4.71. The zero-order valence-corrected chi connectivity index (χ0v) is 25.4. The Kier molecular flexibility index (Phi) is 8.35. The largest absolute Gasteiger partial charge is 0.417 e. The van der Waals surface area contributed by atoms with Crippen molar-refractivity contribution in [2.75, 3.05) is 41.6 Å². The summed E-state index contributed by atoms with van der Waals surface area (Å²) in [6, 6.07) is 6.95. The normalized spacial score (nSPS) is 19.1. The molecule has 2 aliphatic heterocycles. The van der Waals surface area contributed by atoms with Gasteiger partial charge in [-0.05, 0) is 50.2 Å². The van der Waals surface area contributed by atoms with E-state index in [1.807, 2.05) is 0 Å². The van der Waals surface area contributed by atoms with Gasteiger partial charge >= 0.3 is 22.4 Å². The smallest absolute Gasteiger partial charge is 0.306 e. The van der Waals surface area contributed by atoms with Crippen LogP contribution >= 0.6 is 11.6 Å². The Bertz CT molecular complexity index is 1790. The summed E-state index contributed by atoms with van der Waals surface area (Å²) < 4.78 is 92.5. The number of carbonyl (C=O) groups is 2. The average Bonchev–Trinajstić information content (AvgIpc) is 3.28. The Morgan fingerprint density at radius 1 is 1.05 bits per heavy atom. The van der Waals surface area contributed by atoms with E-state index in [2.05, 4.69) is 0 Å². The molecule has 0 spiro atoms. The number of hydrogen-bond donors (Lipinski definition) is 0. The molecule has 2 aliphatic rings. The van der Waals surface area contributed by atoms with Crippen LogP contribution in [0.4, 0.5) is 29.3 Å². The maximum atomic E-state index is 13.5. The number of alkyl halides is 3. The van der Waals surface area contributed by atoms with Gasteiger partial charge in [-0.2, -0.15) is 31.2 Å². The molecule has 2 saturated heterocycles. The number of nitrogens with zero attached hydrogens (tertiary/aromatic N) is 5. The number of anilines is 2. The van der Waals surface area contributed by atoms with Gasteiger partial charge in [-0.3, -0.25) is 9.10 Å². The first-order valence-corrected chi connectivity index (χ1v) is 16.2. The summed E-state index contributed by atoms with van der Waals surface area (Å²) in [6.07, 6.45) is -0.967. The highest BCUT2D eigenvalue weighted by molar-refractivity contribution is 7.91. The van der Waals surface area contributed by atoms with Crippen molar-refractivity contribution >= 4 is 55.0 Å². The fraction of sp³-hybridized carbons (Fsp3) is 0.346. The van der Waals surface area contributed by atoms with Crippen LogP contribution in [0.2, 0.25) is 5.02 Å². The van der Waals surface area contributed by atoms with E-state index in [1.165, 1.54) is 50.3 Å². The number of sulfone groups is 1. The molecule has 0 saturated carbocycles. The predicted octanol–water partition coefficient (Wildman–Crippen LogP) is 3.80. The number of hydrogen-bond acceptors (Lipinski definition) is 7. The SMILES string of the molecule is CC1(C)C(=O)N(c2ccc(C#N)c(C(F)(F)F)c2)C(=O)N1C/C=C\CN1CCN(c2ccc(S(C)(=O)=O)c(Cl)c2)S1(=O)=O. The molecule has 0 aromatic heterocycles. The molecule has 2 heterocycles. The minimum atomic E-state index is -4.89. The third-order valence-corrected chi connectivity index (χ3v) is 10.5. The summed E-state index contributed by atoms with van der Waals surface area (Å²) >= 11 is 6.07. The molecule has 0 bridgehead atoms. The number of rotatable bonds is 7. The van der Waals surface area contributed by atoms with Crippen molar-refractivity contribution in [3.63, 3.8) is 0 Å². The molecule has 2 aromatic rings. The van der Waals surface area contributed by atoms with Crippen LogP contribution in [-0.4, -0.2) is 76.0 Å². The van der Waals surface area contributed by atoms with Gasteiger partial charge < -0.3 is 4.90 Å². The van der Waals surface area contributed by atoms with Gasteiger partial charge in [-0.25, -0.2) is 18.1 Å². The first kappa shape index (κ1) is 32.3. The van der Waals surface area contributed by atoms with Crippen molar-refractivity contribution in [1.82, 2.24) is 9.21 Å². The maximum Gasteiger partial charge on any atom is 0.417 e. The molecule has 230 valence electrons. The third kappa shape index (κ3) is 5.94. The number of halogens is 4. The van der Waals surface area contributed by atoms with Crippen molar-refractivity contribution in [2.24, 2.45) is 0 Å². The second-order valence-corrected chi connectivity index (χ2v) is 14.5. The van der Waals surface area contributed by atoms with E-state index in [-0.39, 0.29) is 47.5 Å². The van der Waals surface area contributed by atoms with Gasteiger partial charge in [0.2, 0.25) is 0 Å². The summed E-state index contributed by atoms with van der Waals surface area (Å²) in [6.45, 7) is 2.77. The Balaban J connectivity index is 1.48. The molecular formula is C26H25ClF3N5O6S2. The van der Waals surface area contributed by atoms with E-state index < -0.39 is 54.8 Å². The van der Waals surface area contributed by atoms with Crippen molar-refractivity contribution in [3.05, 3.63) is 64.7 Å². The van der Waals surface area contributed by atoms with Gasteiger partial charge in [0.15, 0.2) is 9.84 Å². The average molecular weight is 660 g/mol. The Hall–Kier alpha value is -3.65. The van der Waals surface area contributed by atoms with Crippen LogP contribution < -0.4 is 9.21 Å². The van der Waals surface area contributed by atoms with Crippen molar-refractivity contribution < 1.29 is 39.6 Å². The van der Waals surface area contributed by atoms with E-state index in [0.717, 1.165) is 31.9 Å². The monoisotopic (exact) mass is 659 g/mol. The fourth-order valence-corrected chi connectivity index (χ4v) is 7.59. The zero-order chi connectivity index (χ0) is 32.1. The molecule has 0 radical (unpaired) electrons. The zero-order valence-electron chi connectivity index (χ0n) is 23.0. The molecule has 0 atom stereocenters. The number of nitriles is 1. The second-order valence-electron chi connectivity index (χ2n) is 10.2. The summed E-state index contributed by atoms with van der Waals surface area (Å²) in [7, 11) is -7.61. The molecule has 43 heavy (non-hydrogen) atoms. The topological polar surface area (TPSA) is 139 Å². The minimum Gasteiger partial charge on any atom is -0.306 e. The van der Waals surface area contributed by atoms with Crippen LogP contribution in [-0.2, 0) is 31.0 Å². The molecular weight excluding hydrogens is 635 g/mol. The van der Waals surface area contributed by atoms with E-state index in [1.54, 1.807) is 0 Å². The van der Waals surface area contributed by atoms with Crippen LogP contribution in [0.5, 0.6) is 0 Å². The molecule has 11 nitrogen and oxygen atoms in total. The minimum absolute atomic E-state index is 0.0658. The highest BCUT2D eigenvalue weighted by atomic mass is 35.5. The first-order chi connectivity index (χ1) is 19.8. The highest BCUT2D eigenvalue weighted by Gasteiger charge is 2.51. The summed E-state index contributed by atoms with van der Waals surface area (Å²) in [5, 5.41) is 8.92. The molecule has 4 rings (SSSR count). The maximum absolute atomic E-state index is 13.5. The van der Waals surface area contributed by atoms with E-state index >= 15 is 0 Å². The van der Waals surface area contributed by atoms with Gasteiger partial charge in [-0.15, -0.1) is 0 Å². The highest BCUT2D eigenvalue weighted by Crippen LogP contribution is 2.38. The number of carbonyl (C=O) groups excluding carboxylic acids is 2. The number of benzene rings is 2. The molecule has 2 aromatic carbocycles. The van der Waals surface area contributed by atoms with Crippen molar-refractivity contribution in [3.8, 4) is 6.07 Å². The van der Waals surface area contributed by atoms with Gasteiger partial charge in [0, 0.05) is 32.4 Å². The predicted molar refractivity (Wildman–Crippen MR) is 151 cm³/mol. The Morgan fingerprint density at radius 3 is 2.26 bits per heavy atom. The van der Waals surface area contributed by atoms with Crippen LogP contribution in [0, 0.1) is 11.3 Å². The van der Waals surface area contributed by atoms with Gasteiger partial charge in [0.1, 0.15) is 5.54 Å². The molecule has 0 unspecified atom stereocenters. The van der Waals surface area contributed by atoms with Gasteiger partial charge in [-0.1, -0.05) is 23.8 Å². The molecule has 17 heteroatoms. The number of amides is 3. The first-order valence-electron chi connectivity index (χ1n) is 12.5. The lowest BCUT2D eigenvalue weighted by molar-refractivity contribution is -0.137.